The summed E-state index contributed by atoms with van der Waals surface area (Å²) < 4.78 is 38.4. The Morgan fingerprint density at radius 3 is 2.54 bits per heavy atom. The Morgan fingerprint density at radius 2 is 1.85 bits per heavy atom. The first-order valence-corrected chi connectivity index (χ1v) is 7.86. The Labute approximate surface area is 149 Å². The van der Waals surface area contributed by atoms with Crippen molar-refractivity contribution < 1.29 is 22.8 Å². The standard InChI is InChI=1S/C19H19F3N2O2/c1-13(24-25-3)18-10-5-4-7-16(18)12-23-26-14(2)15-8-6-9-17(11-15)19(20,21)22/h4-12,14H,1-3H3/b23-12+,24-13+. The van der Waals surface area contributed by atoms with Gasteiger partial charge in [0.15, 0.2) is 0 Å². The van der Waals surface area contributed by atoms with Gasteiger partial charge in [0.05, 0.1) is 17.5 Å². The summed E-state index contributed by atoms with van der Waals surface area (Å²) in [4.78, 5) is 10.1. The number of oxime groups is 2. The molecule has 4 nitrogen and oxygen atoms in total. The van der Waals surface area contributed by atoms with E-state index in [9.17, 15) is 13.2 Å². The molecular formula is C19H19F3N2O2. The second-order valence-corrected chi connectivity index (χ2v) is 5.55. The molecule has 0 heterocycles. The lowest BCUT2D eigenvalue weighted by atomic mass is 10.1. The molecule has 2 aromatic carbocycles. The van der Waals surface area contributed by atoms with E-state index in [1.165, 1.54) is 19.4 Å². The highest BCUT2D eigenvalue weighted by molar-refractivity contribution is 6.05. The van der Waals surface area contributed by atoms with Crippen LogP contribution in [0.25, 0.3) is 0 Å². The number of halogens is 3. The van der Waals surface area contributed by atoms with Gasteiger partial charge in [0.1, 0.15) is 13.2 Å². The zero-order chi connectivity index (χ0) is 19.2. The van der Waals surface area contributed by atoms with Crippen LogP contribution in [0, 0.1) is 0 Å². The third kappa shape index (κ3) is 5.08. The van der Waals surface area contributed by atoms with Gasteiger partial charge in [-0.05, 0) is 31.5 Å². The summed E-state index contributed by atoms with van der Waals surface area (Å²) >= 11 is 0. The molecule has 26 heavy (non-hydrogen) atoms. The normalized spacial score (nSPS) is 13.7. The van der Waals surface area contributed by atoms with Crippen LogP contribution in [-0.4, -0.2) is 19.0 Å². The monoisotopic (exact) mass is 364 g/mol. The Bertz CT molecular complexity index is 801. The lowest BCUT2D eigenvalue weighted by Crippen LogP contribution is -2.06. The smallest absolute Gasteiger partial charge is 0.399 e. The van der Waals surface area contributed by atoms with Gasteiger partial charge in [-0.2, -0.15) is 13.2 Å². The van der Waals surface area contributed by atoms with Gasteiger partial charge in [0.25, 0.3) is 0 Å². The van der Waals surface area contributed by atoms with Gasteiger partial charge in [-0.1, -0.05) is 46.7 Å². The summed E-state index contributed by atoms with van der Waals surface area (Å²) in [6.45, 7) is 3.43. The molecule has 7 heteroatoms. The quantitative estimate of drug-likeness (QED) is 0.523. The van der Waals surface area contributed by atoms with Crippen molar-refractivity contribution in [2.24, 2.45) is 10.3 Å². The SMILES string of the molecule is CO/N=C(\C)c1ccccc1/C=N/OC(C)c1cccc(C(F)(F)F)c1. The fourth-order valence-corrected chi connectivity index (χ4v) is 2.33. The van der Waals surface area contributed by atoms with E-state index in [0.29, 0.717) is 11.3 Å². The molecule has 0 saturated carbocycles. The summed E-state index contributed by atoms with van der Waals surface area (Å²) in [6, 6.07) is 12.4. The maximum absolute atomic E-state index is 12.8. The van der Waals surface area contributed by atoms with Crippen LogP contribution in [0.2, 0.25) is 0 Å². The predicted molar refractivity (Wildman–Crippen MR) is 94.2 cm³/mol. The Kier molecular flexibility index (Phi) is 6.38. The second kappa shape index (κ2) is 8.51. The van der Waals surface area contributed by atoms with Crippen molar-refractivity contribution in [3.8, 4) is 0 Å². The number of nitrogens with zero attached hydrogens (tertiary/aromatic N) is 2. The molecule has 1 unspecified atom stereocenters. The molecule has 0 fully saturated rings. The molecule has 0 aromatic heterocycles. The number of rotatable bonds is 6. The highest BCUT2D eigenvalue weighted by atomic mass is 19.4. The fourth-order valence-electron chi connectivity index (χ4n) is 2.33. The second-order valence-electron chi connectivity index (χ2n) is 5.55. The zero-order valence-electron chi connectivity index (χ0n) is 14.6. The number of hydrogen-bond donors (Lipinski definition) is 0. The number of hydrogen-bond acceptors (Lipinski definition) is 4. The van der Waals surface area contributed by atoms with Crippen LogP contribution >= 0.6 is 0 Å². The predicted octanol–water partition coefficient (Wildman–Crippen LogP) is 5.19. The first-order valence-electron chi connectivity index (χ1n) is 7.86. The van der Waals surface area contributed by atoms with Crippen molar-refractivity contribution in [2.75, 3.05) is 7.11 Å². The van der Waals surface area contributed by atoms with E-state index in [1.807, 2.05) is 24.3 Å². The summed E-state index contributed by atoms with van der Waals surface area (Å²) in [5.74, 6) is 0. The van der Waals surface area contributed by atoms with E-state index >= 15 is 0 Å². The fraction of sp³-hybridized carbons (Fsp3) is 0.263. The lowest BCUT2D eigenvalue weighted by molar-refractivity contribution is -0.137. The first-order chi connectivity index (χ1) is 12.3. The van der Waals surface area contributed by atoms with E-state index in [0.717, 1.165) is 23.3 Å². The van der Waals surface area contributed by atoms with Crippen molar-refractivity contribution >= 4 is 11.9 Å². The molecule has 0 bridgehead atoms. The van der Waals surface area contributed by atoms with Gasteiger partial charge < -0.3 is 9.68 Å². The van der Waals surface area contributed by atoms with Gasteiger partial charge in [-0.15, -0.1) is 0 Å². The average Bonchev–Trinajstić information content (AvgIpc) is 2.61. The van der Waals surface area contributed by atoms with Crippen LogP contribution in [-0.2, 0) is 15.9 Å². The molecular weight excluding hydrogens is 345 g/mol. The molecule has 138 valence electrons. The van der Waals surface area contributed by atoms with E-state index in [1.54, 1.807) is 19.9 Å². The minimum absolute atomic E-state index is 0.391. The molecule has 2 aromatic rings. The van der Waals surface area contributed by atoms with Crippen LogP contribution in [0.5, 0.6) is 0 Å². The molecule has 0 radical (unpaired) electrons. The summed E-state index contributed by atoms with van der Waals surface area (Å²) in [5.41, 5.74) is 1.91. The molecule has 0 amide bonds. The molecule has 0 N–H and O–H groups in total. The van der Waals surface area contributed by atoms with Crippen LogP contribution < -0.4 is 0 Å². The van der Waals surface area contributed by atoms with Gasteiger partial charge in [-0.25, -0.2) is 0 Å². The summed E-state index contributed by atoms with van der Waals surface area (Å²) in [5, 5.41) is 7.80. The molecule has 0 aliphatic carbocycles. The summed E-state index contributed by atoms with van der Waals surface area (Å²) in [6.07, 6.45) is -3.53. The molecule has 2 rings (SSSR count). The lowest BCUT2D eigenvalue weighted by Gasteiger charge is -2.13. The minimum atomic E-state index is -4.39. The van der Waals surface area contributed by atoms with E-state index in [4.69, 9.17) is 9.68 Å². The van der Waals surface area contributed by atoms with Crippen LogP contribution in [0.4, 0.5) is 13.2 Å². The van der Waals surface area contributed by atoms with Crippen molar-refractivity contribution in [2.45, 2.75) is 26.1 Å². The van der Waals surface area contributed by atoms with Gasteiger partial charge in [-0.3, -0.25) is 0 Å². The molecule has 0 saturated heterocycles. The van der Waals surface area contributed by atoms with Crippen molar-refractivity contribution in [1.29, 1.82) is 0 Å². The minimum Gasteiger partial charge on any atom is -0.399 e. The average molecular weight is 364 g/mol. The highest BCUT2D eigenvalue weighted by Gasteiger charge is 2.30. The number of alkyl halides is 3. The van der Waals surface area contributed by atoms with Gasteiger partial charge in [0.2, 0.25) is 0 Å². The molecule has 0 spiro atoms. The largest absolute Gasteiger partial charge is 0.416 e. The van der Waals surface area contributed by atoms with E-state index in [2.05, 4.69) is 10.3 Å². The maximum Gasteiger partial charge on any atom is 0.416 e. The third-order valence-corrected chi connectivity index (χ3v) is 3.67. The molecule has 0 aliphatic rings. The van der Waals surface area contributed by atoms with Crippen LogP contribution in [0.1, 0.15) is 42.2 Å². The maximum atomic E-state index is 12.8. The van der Waals surface area contributed by atoms with E-state index in [-0.39, 0.29) is 0 Å². The highest BCUT2D eigenvalue weighted by Crippen LogP contribution is 2.31. The first kappa shape index (κ1) is 19.5. The third-order valence-electron chi connectivity index (χ3n) is 3.67. The Balaban J connectivity index is 2.13. The zero-order valence-corrected chi connectivity index (χ0v) is 14.6. The molecule has 0 aliphatic heterocycles. The topological polar surface area (TPSA) is 43.2 Å². The van der Waals surface area contributed by atoms with Gasteiger partial charge >= 0.3 is 6.18 Å². The van der Waals surface area contributed by atoms with E-state index < -0.39 is 17.8 Å². The summed E-state index contributed by atoms with van der Waals surface area (Å²) in [7, 11) is 1.46. The van der Waals surface area contributed by atoms with Crippen molar-refractivity contribution in [3.05, 3.63) is 70.8 Å². The van der Waals surface area contributed by atoms with Crippen LogP contribution in [0.3, 0.4) is 0 Å². The van der Waals surface area contributed by atoms with Crippen LogP contribution in [0.15, 0.2) is 58.8 Å². The van der Waals surface area contributed by atoms with Crippen molar-refractivity contribution in [3.63, 3.8) is 0 Å². The van der Waals surface area contributed by atoms with Gasteiger partial charge in [0, 0.05) is 11.1 Å². The molecule has 1 atom stereocenters. The Morgan fingerprint density at radius 1 is 1.12 bits per heavy atom. The Hall–Kier alpha value is -2.83. The number of benzene rings is 2. The van der Waals surface area contributed by atoms with Crippen molar-refractivity contribution in [1.82, 2.24) is 0 Å².